The lowest BCUT2D eigenvalue weighted by molar-refractivity contribution is 0.161. The first-order valence-electron chi connectivity index (χ1n) is 5.68. The van der Waals surface area contributed by atoms with E-state index < -0.39 is 12.1 Å². The SMILES string of the molecule is C/C=C(OC[C@H](C)CC(C)C)\C(=N/F)C(F)F. The Balaban J connectivity index is 4.34. The highest BCUT2D eigenvalue weighted by Crippen LogP contribution is 2.15. The summed E-state index contributed by atoms with van der Waals surface area (Å²) in [6, 6.07) is 0. The Morgan fingerprint density at radius 3 is 2.24 bits per heavy atom. The Hall–Kier alpha value is -1.00. The van der Waals surface area contributed by atoms with Crippen molar-refractivity contribution in [2.45, 2.75) is 40.5 Å². The van der Waals surface area contributed by atoms with Gasteiger partial charge in [-0.05, 0) is 31.3 Å². The summed E-state index contributed by atoms with van der Waals surface area (Å²) in [5, 5.41) is 2.07. The molecule has 0 spiro atoms. The molecule has 0 amide bonds. The molecule has 0 aromatic rings. The normalized spacial score (nSPS) is 15.6. The van der Waals surface area contributed by atoms with Gasteiger partial charge in [0.15, 0.2) is 5.71 Å². The zero-order valence-electron chi connectivity index (χ0n) is 10.7. The predicted octanol–water partition coefficient (Wildman–Crippen LogP) is 4.18. The van der Waals surface area contributed by atoms with Gasteiger partial charge in [0.1, 0.15) is 5.76 Å². The van der Waals surface area contributed by atoms with Gasteiger partial charge >= 0.3 is 0 Å². The first-order chi connectivity index (χ1) is 7.92. The summed E-state index contributed by atoms with van der Waals surface area (Å²) >= 11 is 0. The van der Waals surface area contributed by atoms with Crippen molar-refractivity contribution in [1.29, 1.82) is 0 Å². The number of nitrogens with zero attached hydrogens (tertiary/aromatic N) is 1. The van der Waals surface area contributed by atoms with Crippen LogP contribution in [0.3, 0.4) is 0 Å². The molecular weight excluding hydrogens is 231 g/mol. The predicted molar refractivity (Wildman–Crippen MR) is 62.9 cm³/mol. The number of halogens is 3. The molecule has 0 aromatic carbocycles. The highest BCUT2D eigenvalue weighted by atomic mass is 19.3. The standard InChI is InChI=1S/C12H20F3NO/c1-5-10(11(16-15)12(13)14)17-7-9(4)6-8(2)3/h5,8-9,12H,6-7H2,1-4H3/b10-5+,16-11+/t9-/m1/s1. The van der Waals surface area contributed by atoms with Gasteiger partial charge in [0.25, 0.3) is 6.43 Å². The third-order valence-corrected chi connectivity index (χ3v) is 2.21. The van der Waals surface area contributed by atoms with Gasteiger partial charge in [-0.1, -0.05) is 30.5 Å². The summed E-state index contributed by atoms with van der Waals surface area (Å²) in [7, 11) is 0. The molecule has 5 heteroatoms. The largest absolute Gasteiger partial charge is 0.491 e. The second-order valence-corrected chi connectivity index (χ2v) is 4.47. The summed E-state index contributed by atoms with van der Waals surface area (Å²) in [5.74, 6) is 0.550. The fraction of sp³-hybridized carbons (Fsp3) is 0.750. The Labute approximate surface area is 101 Å². The monoisotopic (exact) mass is 251 g/mol. The van der Waals surface area contributed by atoms with Crippen molar-refractivity contribution < 1.29 is 18.0 Å². The summed E-state index contributed by atoms with van der Waals surface area (Å²) in [6.07, 6.45) is -0.743. The zero-order chi connectivity index (χ0) is 13.4. The molecule has 0 saturated heterocycles. The highest BCUT2D eigenvalue weighted by Gasteiger charge is 2.20. The summed E-state index contributed by atoms with van der Waals surface area (Å²) in [5.41, 5.74) is -0.941. The summed E-state index contributed by atoms with van der Waals surface area (Å²) in [6.45, 7) is 7.89. The number of alkyl halides is 2. The van der Waals surface area contributed by atoms with Crippen LogP contribution in [0.1, 0.15) is 34.1 Å². The minimum Gasteiger partial charge on any atom is -0.491 e. The smallest absolute Gasteiger partial charge is 0.286 e. The minimum absolute atomic E-state index is 0.182. The van der Waals surface area contributed by atoms with Crippen molar-refractivity contribution in [1.82, 2.24) is 0 Å². The second-order valence-electron chi connectivity index (χ2n) is 4.47. The molecule has 0 aliphatic heterocycles. The van der Waals surface area contributed by atoms with Crippen molar-refractivity contribution in [3.05, 3.63) is 11.8 Å². The maximum atomic E-state index is 12.4. The molecule has 0 rings (SSSR count). The fourth-order valence-electron chi connectivity index (χ4n) is 1.60. The maximum absolute atomic E-state index is 12.4. The van der Waals surface area contributed by atoms with Crippen LogP contribution in [-0.4, -0.2) is 18.7 Å². The molecule has 0 radical (unpaired) electrons. The molecule has 100 valence electrons. The van der Waals surface area contributed by atoms with Gasteiger partial charge < -0.3 is 4.74 Å². The van der Waals surface area contributed by atoms with Crippen molar-refractivity contribution in [3.8, 4) is 0 Å². The Morgan fingerprint density at radius 1 is 1.29 bits per heavy atom. The van der Waals surface area contributed by atoms with Crippen LogP contribution in [0.5, 0.6) is 0 Å². The van der Waals surface area contributed by atoms with Crippen LogP contribution in [-0.2, 0) is 4.74 Å². The van der Waals surface area contributed by atoms with Crippen molar-refractivity contribution in [3.63, 3.8) is 0 Å². The second kappa shape index (κ2) is 8.14. The van der Waals surface area contributed by atoms with Crippen LogP contribution < -0.4 is 0 Å². The lowest BCUT2D eigenvalue weighted by atomic mass is 10.00. The van der Waals surface area contributed by atoms with Crippen LogP contribution in [0.2, 0.25) is 0 Å². The van der Waals surface area contributed by atoms with E-state index in [1.807, 2.05) is 6.92 Å². The van der Waals surface area contributed by atoms with E-state index in [9.17, 15) is 13.3 Å². The van der Waals surface area contributed by atoms with Gasteiger partial charge in [0.2, 0.25) is 0 Å². The fourth-order valence-corrected chi connectivity index (χ4v) is 1.60. The van der Waals surface area contributed by atoms with Crippen LogP contribution in [0.4, 0.5) is 13.3 Å². The number of allylic oxidation sites excluding steroid dienone is 2. The van der Waals surface area contributed by atoms with E-state index in [1.165, 1.54) is 13.0 Å². The average Bonchev–Trinajstić information content (AvgIpc) is 2.22. The first-order valence-corrected chi connectivity index (χ1v) is 5.68. The lowest BCUT2D eigenvalue weighted by Gasteiger charge is -2.16. The molecule has 1 atom stereocenters. The highest BCUT2D eigenvalue weighted by molar-refractivity contribution is 6.00. The van der Waals surface area contributed by atoms with Crippen LogP contribution >= 0.6 is 0 Å². The average molecular weight is 251 g/mol. The van der Waals surface area contributed by atoms with Crippen molar-refractivity contribution >= 4 is 5.71 Å². The van der Waals surface area contributed by atoms with E-state index in [4.69, 9.17) is 4.74 Å². The van der Waals surface area contributed by atoms with E-state index in [0.717, 1.165) is 6.42 Å². The number of hydrogen-bond acceptors (Lipinski definition) is 2. The van der Waals surface area contributed by atoms with E-state index in [1.54, 1.807) is 0 Å². The topological polar surface area (TPSA) is 21.6 Å². The zero-order valence-corrected chi connectivity index (χ0v) is 10.7. The third kappa shape index (κ3) is 6.34. The van der Waals surface area contributed by atoms with Crippen LogP contribution in [0.15, 0.2) is 17.0 Å². The van der Waals surface area contributed by atoms with Gasteiger partial charge in [-0.15, -0.1) is 0 Å². The van der Waals surface area contributed by atoms with Gasteiger partial charge in [0.05, 0.1) is 6.61 Å². The molecule has 0 heterocycles. The van der Waals surface area contributed by atoms with Crippen LogP contribution in [0.25, 0.3) is 0 Å². The first kappa shape index (κ1) is 16.0. The summed E-state index contributed by atoms with van der Waals surface area (Å²) in [4.78, 5) is 0. The molecule has 0 bridgehead atoms. The number of hydrogen-bond donors (Lipinski definition) is 0. The molecule has 0 saturated carbocycles. The molecule has 0 aromatic heterocycles. The lowest BCUT2D eigenvalue weighted by Crippen LogP contribution is -2.18. The van der Waals surface area contributed by atoms with Gasteiger partial charge in [0, 0.05) is 0 Å². The molecular formula is C12H20F3NO. The van der Waals surface area contributed by atoms with E-state index in [-0.39, 0.29) is 18.3 Å². The van der Waals surface area contributed by atoms with E-state index in [2.05, 4.69) is 19.1 Å². The van der Waals surface area contributed by atoms with Gasteiger partial charge in [-0.3, -0.25) is 0 Å². The Morgan fingerprint density at radius 2 is 1.88 bits per heavy atom. The van der Waals surface area contributed by atoms with Crippen molar-refractivity contribution in [2.24, 2.45) is 17.1 Å². The molecule has 0 fully saturated rings. The van der Waals surface area contributed by atoms with Gasteiger partial charge in [-0.25, -0.2) is 8.78 Å². The maximum Gasteiger partial charge on any atom is 0.286 e. The third-order valence-electron chi connectivity index (χ3n) is 2.21. The van der Waals surface area contributed by atoms with Crippen LogP contribution in [0, 0.1) is 11.8 Å². The molecule has 17 heavy (non-hydrogen) atoms. The molecule has 0 aliphatic rings. The Bertz CT molecular complexity index is 275. The number of rotatable bonds is 7. The van der Waals surface area contributed by atoms with E-state index in [0.29, 0.717) is 5.92 Å². The van der Waals surface area contributed by atoms with Crippen molar-refractivity contribution in [2.75, 3.05) is 6.61 Å². The molecule has 0 aliphatic carbocycles. The van der Waals surface area contributed by atoms with Gasteiger partial charge in [-0.2, -0.15) is 0 Å². The Kier molecular flexibility index (Phi) is 7.66. The van der Waals surface area contributed by atoms with E-state index >= 15 is 0 Å². The minimum atomic E-state index is -2.97. The molecule has 0 unspecified atom stereocenters. The summed E-state index contributed by atoms with van der Waals surface area (Å²) < 4.78 is 42.0. The molecule has 0 N–H and O–H groups in total. The number of ether oxygens (including phenoxy) is 1. The molecule has 2 nitrogen and oxygen atoms in total. The quantitative estimate of drug-likeness (QED) is 0.491.